The van der Waals surface area contributed by atoms with Crippen LogP contribution in [0.1, 0.15) is 77.6 Å². The van der Waals surface area contributed by atoms with Gasteiger partial charge in [-0.05, 0) is 6.42 Å². The predicted molar refractivity (Wildman–Crippen MR) is 78.2 cm³/mol. The zero-order valence-corrected chi connectivity index (χ0v) is 12.4. The molecule has 2 nitrogen and oxygen atoms in total. The van der Waals surface area contributed by atoms with Gasteiger partial charge in [-0.3, -0.25) is 0 Å². The van der Waals surface area contributed by atoms with Crippen LogP contribution < -0.4 is 6.15 Å². The van der Waals surface area contributed by atoms with Crippen molar-refractivity contribution in [3.63, 3.8) is 0 Å². The zero-order chi connectivity index (χ0) is 12.1. The molecule has 0 saturated heterocycles. The van der Waals surface area contributed by atoms with Gasteiger partial charge in [-0.1, -0.05) is 71.1 Å². The van der Waals surface area contributed by atoms with E-state index >= 15 is 0 Å². The van der Waals surface area contributed by atoms with Gasteiger partial charge in [0.15, 0.2) is 0 Å². The lowest BCUT2D eigenvalue weighted by molar-refractivity contribution is 0.286. The fraction of sp³-hybridized carbons (Fsp3) is 1.00. The van der Waals surface area contributed by atoms with Crippen LogP contribution in [-0.2, 0) is 0 Å². The standard InChI is InChI=1S/C14H29ClO.H3N/c1-2-3-4-5-6-7-8-9-10-11-12-14(15)13-16;/h14,16H,2-13H2,1H3;1H3. The molecule has 1 unspecified atom stereocenters. The minimum Gasteiger partial charge on any atom is -0.395 e. The van der Waals surface area contributed by atoms with Crippen LogP contribution in [-0.4, -0.2) is 17.1 Å². The highest BCUT2D eigenvalue weighted by molar-refractivity contribution is 6.20. The third-order valence-corrected chi connectivity index (χ3v) is 3.43. The number of hydrogen-bond donors (Lipinski definition) is 2. The van der Waals surface area contributed by atoms with Crippen molar-refractivity contribution in [3.8, 4) is 0 Å². The van der Waals surface area contributed by atoms with Gasteiger partial charge in [-0.15, -0.1) is 11.6 Å². The lowest BCUT2D eigenvalue weighted by atomic mass is 10.1. The second-order valence-corrected chi connectivity index (χ2v) is 5.37. The Kier molecular flexibility index (Phi) is 18.6. The summed E-state index contributed by atoms with van der Waals surface area (Å²) in [7, 11) is 0. The van der Waals surface area contributed by atoms with Crippen molar-refractivity contribution in [1.82, 2.24) is 6.15 Å². The lowest BCUT2D eigenvalue weighted by Crippen LogP contribution is -2.03. The fourth-order valence-electron chi connectivity index (χ4n) is 1.94. The topological polar surface area (TPSA) is 55.2 Å². The number of hydrogen-bond acceptors (Lipinski definition) is 2. The Morgan fingerprint density at radius 3 is 1.65 bits per heavy atom. The molecule has 0 bridgehead atoms. The smallest absolute Gasteiger partial charge is 0.0595 e. The van der Waals surface area contributed by atoms with E-state index in [9.17, 15) is 0 Å². The molecule has 0 aromatic rings. The van der Waals surface area contributed by atoms with Crippen LogP contribution in [0, 0.1) is 0 Å². The van der Waals surface area contributed by atoms with Crippen LogP contribution in [0.15, 0.2) is 0 Å². The Morgan fingerprint density at radius 1 is 0.824 bits per heavy atom. The maximum absolute atomic E-state index is 8.75. The molecule has 3 heteroatoms. The lowest BCUT2D eigenvalue weighted by Gasteiger charge is -2.05. The molecule has 106 valence electrons. The summed E-state index contributed by atoms with van der Waals surface area (Å²) >= 11 is 5.83. The monoisotopic (exact) mass is 265 g/mol. The van der Waals surface area contributed by atoms with E-state index in [1.165, 1.54) is 64.2 Å². The molecule has 0 fully saturated rings. The first-order valence-corrected chi connectivity index (χ1v) is 7.49. The molecule has 0 saturated carbocycles. The minimum atomic E-state index is -0.0194. The summed E-state index contributed by atoms with van der Waals surface area (Å²) < 4.78 is 0. The number of halogens is 1. The first kappa shape index (κ1) is 19.5. The van der Waals surface area contributed by atoms with E-state index in [4.69, 9.17) is 16.7 Å². The number of unbranched alkanes of at least 4 members (excludes halogenated alkanes) is 9. The summed E-state index contributed by atoms with van der Waals surface area (Å²) in [6.07, 6.45) is 14.5. The van der Waals surface area contributed by atoms with Crippen molar-refractivity contribution in [3.05, 3.63) is 0 Å². The molecular weight excluding hydrogens is 234 g/mol. The molecule has 0 aromatic heterocycles. The van der Waals surface area contributed by atoms with Gasteiger partial charge in [-0.2, -0.15) is 0 Å². The molecular formula is C14H32ClNO. The summed E-state index contributed by atoms with van der Waals surface area (Å²) in [5, 5.41) is 8.73. The van der Waals surface area contributed by atoms with Gasteiger partial charge in [0, 0.05) is 0 Å². The van der Waals surface area contributed by atoms with Crippen LogP contribution in [0.3, 0.4) is 0 Å². The van der Waals surface area contributed by atoms with E-state index in [-0.39, 0.29) is 18.1 Å². The summed E-state index contributed by atoms with van der Waals surface area (Å²) in [5.41, 5.74) is 0. The molecule has 0 aliphatic carbocycles. The molecule has 0 aromatic carbocycles. The average Bonchev–Trinajstić information content (AvgIpc) is 2.31. The Hall–Kier alpha value is 0.210. The second kappa shape index (κ2) is 16.2. The van der Waals surface area contributed by atoms with Gasteiger partial charge in [-0.25, -0.2) is 0 Å². The number of aliphatic hydroxyl groups is 1. The summed E-state index contributed by atoms with van der Waals surface area (Å²) in [4.78, 5) is 0. The van der Waals surface area contributed by atoms with Gasteiger partial charge in [0.1, 0.15) is 0 Å². The van der Waals surface area contributed by atoms with Crippen molar-refractivity contribution in [2.45, 2.75) is 82.9 Å². The van der Waals surface area contributed by atoms with Crippen molar-refractivity contribution in [1.29, 1.82) is 0 Å². The normalized spacial score (nSPS) is 12.2. The van der Waals surface area contributed by atoms with Gasteiger partial charge >= 0.3 is 0 Å². The third-order valence-electron chi connectivity index (χ3n) is 3.07. The highest BCUT2D eigenvalue weighted by Crippen LogP contribution is 2.13. The fourth-order valence-corrected chi connectivity index (χ4v) is 2.10. The Balaban J connectivity index is 0. The van der Waals surface area contributed by atoms with E-state index in [0.717, 1.165) is 6.42 Å². The quantitative estimate of drug-likeness (QED) is 0.383. The molecule has 1 atom stereocenters. The molecule has 0 radical (unpaired) electrons. The molecule has 4 N–H and O–H groups in total. The molecule has 0 heterocycles. The van der Waals surface area contributed by atoms with Crippen LogP contribution in [0.2, 0.25) is 0 Å². The Labute approximate surface area is 113 Å². The Morgan fingerprint density at radius 2 is 1.24 bits per heavy atom. The van der Waals surface area contributed by atoms with Crippen molar-refractivity contribution in [2.24, 2.45) is 0 Å². The van der Waals surface area contributed by atoms with Crippen LogP contribution in [0.4, 0.5) is 0 Å². The number of alkyl halides is 1. The van der Waals surface area contributed by atoms with Gasteiger partial charge < -0.3 is 11.3 Å². The van der Waals surface area contributed by atoms with Gasteiger partial charge in [0.25, 0.3) is 0 Å². The number of aliphatic hydroxyl groups excluding tert-OH is 1. The summed E-state index contributed by atoms with van der Waals surface area (Å²) in [6.45, 7) is 2.38. The van der Waals surface area contributed by atoms with Crippen LogP contribution >= 0.6 is 11.6 Å². The molecule has 0 aliphatic heterocycles. The average molecular weight is 266 g/mol. The molecule has 0 aliphatic rings. The maximum Gasteiger partial charge on any atom is 0.0595 e. The van der Waals surface area contributed by atoms with Gasteiger partial charge in [0.05, 0.1) is 12.0 Å². The molecule has 0 spiro atoms. The van der Waals surface area contributed by atoms with Crippen molar-refractivity contribution in [2.75, 3.05) is 6.61 Å². The molecule has 0 amide bonds. The van der Waals surface area contributed by atoms with Gasteiger partial charge in [0.2, 0.25) is 0 Å². The summed E-state index contributed by atoms with van der Waals surface area (Å²) in [6, 6.07) is 0. The minimum absolute atomic E-state index is 0. The number of rotatable bonds is 12. The van der Waals surface area contributed by atoms with E-state index in [1.807, 2.05) is 0 Å². The second-order valence-electron chi connectivity index (χ2n) is 4.75. The Bertz CT molecular complexity index is 133. The summed E-state index contributed by atoms with van der Waals surface area (Å²) in [5.74, 6) is 0. The van der Waals surface area contributed by atoms with E-state index in [0.29, 0.717) is 0 Å². The highest BCUT2D eigenvalue weighted by atomic mass is 35.5. The van der Waals surface area contributed by atoms with Crippen molar-refractivity contribution < 1.29 is 5.11 Å². The zero-order valence-electron chi connectivity index (χ0n) is 11.6. The van der Waals surface area contributed by atoms with E-state index < -0.39 is 0 Å². The molecule has 17 heavy (non-hydrogen) atoms. The first-order valence-electron chi connectivity index (χ1n) is 7.06. The maximum atomic E-state index is 8.75. The van der Waals surface area contributed by atoms with E-state index in [1.54, 1.807) is 0 Å². The van der Waals surface area contributed by atoms with Crippen LogP contribution in [0.25, 0.3) is 0 Å². The van der Waals surface area contributed by atoms with Crippen molar-refractivity contribution >= 4 is 11.6 Å². The third kappa shape index (κ3) is 16.2. The SMILES string of the molecule is CCCCCCCCCCCCC(Cl)CO.N. The van der Waals surface area contributed by atoms with Crippen LogP contribution in [0.5, 0.6) is 0 Å². The highest BCUT2D eigenvalue weighted by Gasteiger charge is 2.00. The first-order chi connectivity index (χ1) is 7.81. The predicted octanol–water partition coefficient (Wildman–Crippen LogP) is 5.06. The largest absolute Gasteiger partial charge is 0.395 e. The van der Waals surface area contributed by atoms with E-state index in [2.05, 4.69) is 6.92 Å². The molecule has 0 rings (SSSR count).